The molecule has 1 aromatic rings. The third-order valence-corrected chi connectivity index (χ3v) is 4.54. The van der Waals surface area contributed by atoms with Crippen LogP contribution in [0.15, 0.2) is 27.7 Å². The predicted octanol–water partition coefficient (Wildman–Crippen LogP) is 4.69. The van der Waals surface area contributed by atoms with Gasteiger partial charge in [-0.1, -0.05) is 31.7 Å². The minimum Gasteiger partial charge on any atom is -0.334 e. The van der Waals surface area contributed by atoms with Crippen molar-refractivity contribution in [2.24, 2.45) is 10.9 Å². The number of anilines is 1. The maximum atomic E-state index is 4.74. The number of aliphatic imine (C=N–C) groups is 1. The summed E-state index contributed by atoms with van der Waals surface area (Å²) in [6.07, 6.45) is 1.17. The van der Waals surface area contributed by atoms with Crippen LogP contribution in [0.3, 0.4) is 0 Å². The molecule has 1 aromatic carbocycles. The van der Waals surface area contributed by atoms with Gasteiger partial charge in [0.15, 0.2) is 5.17 Å². The summed E-state index contributed by atoms with van der Waals surface area (Å²) >= 11 is 5.39. The lowest BCUT2D eigenvalue weighted by atomic mass is 10.1. The average molecular weight is 327 g/mol. The van der Waals surface area contributed by atoms with Gasteiger partial charge in [-0.05, 0) is 52.9 Å². The van der Waals surface area contributed by atoms with Crippen LogP contribution in [0.1, 0.15) is 25.8 Å². The summed E-state index contributed by atoms with van der Waals surface area (Å²) in [5.41, 5.74) is 2.36. The van der Waals surface area contributed by atoms with Gasteiger partial charge >= 0.3 is 0 Å². The zero-order valence-electron chi connectivity index (χ0n) is 11.0. The normalized spacial score (nSPS) is 19.2. The number of aryl methyl sites for hydroxylation is 1. The van der Waals surface area contributed by atoms with E-state index in [9.17, 15) is 0 Å². The summed E-state index contributed by atoms with van der Waals surface area (Å²) in [7, 11) is 0. The molecule has 0 aromatic heterocycles. The Morgan fingerprint density at radius 1 is 1.50 bits per heavy atom. The number of benzene rings is 1. The molecular formula is C14H19BrN2S. The molecule has 1 aliphatic rings. The Kier molecular flexibility index (Phi) is 4.73. The van der Waals surface area contributed by atoms with Gasteiger partial charge in [-0.15, -0.1) is 0 Å². The Morgan fingerprint density at radius 3 is 3.00 bits per heavy atom. The first kappa shape index (κ1) is 13.9. The molecule has 0 fully saturated rings. The number of amidine groups is 1. The Hall–Kier alpha value is -0.480. The summed E-state index contributed by atoms with van der Waals surface area (Å²) in [6, 6.07) is 6.79. The van der Waals surface area contributed by atoms with Crippen molar-refractivity contribution >= 4 is 38.5 Å². The largest absolute Gasteiger partial charge is 0.334 e. The average Bonchev–Trinajstić information content (AvgIpc) is 2.70. The van der Waals surface area contributed by atoms with Crippen molar-refractivity contribution in [3.8, 4) is 0 Å². The second kappa shape index (κ2) is 6.11. The summed E-state index contributed by atoms with van der Waals surface area (Å²) in [4.78, 5) is 4.74. The van der Waals surface area contributed by atoms with Crippen LogP contribution >= 0.6 is 27.7 Å². The van der Waals surface area contributed by atoms with Crippen LogP contribution in [-0.2, 0) is 0 Å². The number of hydrogen-bond donors (Lipinski definition) is 1. The van der Waals surface area contributed by atoms with Crippen molar-refractivity contribution in [1.82, 2.24) is 0 Å². The molecule has 0 amide bonds. The molecule has 0 saturated carbocycles. The summed E-state index contributed by atoms with van der Waals surface area (Å²) in [5, 5.41) is 4.47. The molecule has 0 bridgehead atoms. The first-order chi connectivity index (χ1) is 8.54. The van der Waals surface area contributed by atoms with Gasteiger partial charge in [-0.2, -0.15) is 0 Å². The lowest BCUT2D eigenvalue weighted by Gasteiger charge is -2.08. The third kappa shape index (κ3) is 3.75. The Labute approximate surface area is 122 Å². The van der Waals surface area contributed by atoms with Crippen LogP contribution in [0.5, 0.6) is 0 Å². The van der Waals surface area contributed by atoms with Crippen LogP contribution in [0.4, 0.5) is 5.69 Å². The lowest BCUT2D eigenvalue weighted by molar-refractivity contribution is 0.529. The van der Waals surface area contributed by atoms with E-state index < -0.39 is 0 Å². The van der Waals surface area contributed by atoms with Gasteiger partial charge in [-0.25, -0.2) is 0 Å². The minimum absolute atomic E-state index is 0.473. The highest BCUT2D eigenvalue weighted by molar-refractivity contribution is 9.10. The summed E-state index contributed by atoms with van der Waals surface area (Å²) in [5.74, 6) is 1.81. The maximum absolute atomic E-state index is 4.74. The van der Waals surface area contributed by atoms with Gasteiger partial charge in [0.05, 0.1) is 11.7 Å². The van der Waals surface area contributed by atoms with E-state index in [0.29, 0.717) is 12.0 Å². The van der Waals surface area contributed by atoms with Gasteiger partial charge < -0.3 is 5.32 Å². The van der Waals surface area contributed by atoms with Crippen LogP contribution in [0, 0.1) is 12.8 Å². The van der Waals surface area contributed by atoms with Crippen molar-refractivity contribution in [2.75, 3.05) is 11.1 Å². The van der Waals surface area contributed by atoms with Crippen molar-refractivity contribution in [1.29, 1.82) is 0 Å². The number of nitrogens with zero attached hydrogens (tertiary/aromatic N) is 1. The van der Waals surface area contributed by atoms with E-state index in [1.54, 1.807) is 0 Å². The number of nitrogens with one attached hydrogen (secondary N) is 1. The van der Waals surface area contributed by atoms with E-state index in [1.807, 2.05) is 11.8 Å². The van der Waals surface area contributed by atoms with Gasteiger partial charge in [0.25, 0.3) is 0 Å². The fourth-order valence-electron chi connectivity index (χ4n) is 2.00. The molecule has 1 unspecified atom stereocenters. The van der Waals surface area contributed by atoms with E-state index in [0.717, 1.165) is 21.1 Å². The maximum Gasteiger partial charge on any atom is 0.161 e. The highest BCUT2D eigenvalue weighted by Crippen LogP contribution is 2.28. The number of halogens is 1. The molecule has 1 atom stereocenters. The molecule has 2 nitrogen and oxygen atoms in total. The van der Waals surface area contributed by atoms with Gasteiger partial charge in [0, 0.05) is 10.2 Å². The topological polar surface area (TPSA) is 24.4 Å². The number of hydrogen-bond acceptors (Lipinski definition) is 3. The molecule has 0 spiro atoms. The first-order valence-corrected chi connectivity index (χ1v) is 8.06. The Morgan fingerprint density at radius 2 is 2.28 bits per heavy atom. The molecule has 1 aliphatic heterocycles. The Balaban J connectivity index is 2.04. The van der Waals surface area contributed by atoms with Crippen LogP contribution in [-0.4, -0.2) is 17.0 Å². The van der Waals surface area contributed by atoms with Crippen molar-refractivity contribution in [3.05, 3.63) is 28.2 Å². The van der Waals surface area contributed by atoms with E-state index in [2.05, 4.69) is 60.2 Å². The van der Waals surface area contributed by atoms with Crippen LogP contribution in [0.2, 0.25) is 0 Å². The highest BCUT2D eigenvalue weighted by atomic mass is 79.9. The van der Waals surface area contributed by atoms with E-state index >= 15 is 0 Å². The zero-order chi connectivity index (χ0) is 13.1. The molecule has 0 aliphatic carbocycles. The van der Waals surface area contributed by atoms with E-state index in [4.69, 9.17) is 4.99 Å². The quantitative estimate of drug-likeness (QED) is 0.871. The minimum atomic E-state index is 0.473. The molecule has 0 radical (unpaired) electrons. The highest BCUT2D eigenvalue weighted by Gasteiger charge is 2.19. The Bertz CT molecular complexity index is 457. The second-order valence-corrected chi connectivity index (χ2v) is 7.00. The van der Waals surface area contributed by atoms with Crippen molar-refractivity contribution in [2.45, 2.75) is 33.2 Å². The molecule has 18 heavy (non-hydrogen) atoms. The molecule has 4 heteroatoms. The van der Waals surface area contributed by atoms with Gasteiger partial charge in [-0.3, -0.25) is 4.99 Å². The van der Waals surface area contributed by atoms with Crippen molar-refractivity contribution in [3.63, 3.8) is 0 Å². The van der Waals surface area contributed by atoms with E-state index in [-0.39, 0.29) is 0 Å². The molecule has 1 heterocycles. The molecular weight excluding hydrogens is 308 g/mol. The second-order valence-electron chi connectivity index (χ2n) is 5.14. The lowest BCUT2D eigenvalue weighted by Crippen LogP contribution is -2.08. The monoisotopic (exact) mass is 326 g/mol. The number of thioether (sulfide) groups is 1. The fourth-order valence-corrected chi connectivity index (χ4v) is 3.31. The smallest absolute Gasteiger partial charge is 0.161 e. The SMILES string of the molecule is Cc1ccc(Br)c(NC2=NC(CC(C)C)CS2)c1. The first-order valence-electron chi connectivity index (χ1n) is 6.28. The molecule has 2 rings (SSSR count). The summed E-state index contributed by atoms with van der Waals surface area (Å²) in [6.45, 7) is 6.61. The molecule has 0 saturated heterocycles. The predicted molar refractivity (Wildman–Crippen MR) is 85.6 cm³/mol. The van der Waals surface area contributed by atoms with Crippen LogP contribution < -0.4 is 5.32 Å². The van der Waals surface area contributed by atoms with Gasteiger partial charge in [0.1, 0.15) is 0 Å². The zero-order valence-corrected chi connectivity index (χ0v) is 13.4. The van der Waals surface area contributed by atoms with Gasteiger partial charge in [0.2, 0.25) is 0 Å². The number of rotatable bonds is 3. The third-order valence-electron chi connectivity index (χ3n) is 2.82. The standard InChI is InChI=1S/C14H19BrN2S/c1-9(2)6-11-8-18-14(16-11)17-13-7-10(3)4-5-12(13)15/h4-5,7,9,11H,6,8H2,1-3H3,(H,16,17). The van der Waals surface area contributed by atoms with Crippen LogP contribution in [0.25, 0.3) is 0 Å². The summed E-state index contributed by atoms with van der Waals surface area (Å²) < 4.78 is 1.09. The van der Waals surface area contributed by atoms with Crippen molar-refractivity contribution < 1.29 is 0 Å². The molecule has 1 N–H and O–H groups in total. The fraction of sp³-hybridized carbons (Fsp3) is 0.500. The molecule has 98 valence electrons. The van der Waals surface area contributed by atoms with E-state index in [1.165, 1.54) is 12.0 Å².